The van der Waals surface area contributed by atoms with Crippen LogP contribution in [0.2, 0.25) is 0 Å². The van der Waals surface area contributed by atoms with Gasteiger partial charge < -0.3 is 10.1 Å². The fourth-order valence-corrected chi connectivity index (χ4v) is 3.30. The lowest BCUT2D eigenvalue weighted by molar-refractivity contribution is 0.412. The number of benzene rings is 2. The lowest BCUT2D eigenvalue weighted by Gasteiger charge is -2.07. The Morgan fingerprint density at radius 1 is 1.00 bits per heavy atom. The van der Waals surface area contributed by atoms with Gasteiger partial charge >= 0.3 is 0 Å². The van der Waals surface area contributed by atoms with Crippen LogP contribution in [0, 0.1) is 20.8 Å². The van der Waals surface area contributed by atoms with Gasteiger partial charge in [0, 0.05) is 16.6 Å². The number of methoxy groups -OCH3 is 1. The number of nitrogens with zero attached hydrogens (tertiary/aromatic N) is 1. The number of aromatic nitrogens is 1. The third kappa shape index (κ3) is 3.37. The van der Waals surface area contributed by atoms with Gasteiger partial charge in [-0.15, -0.1) is 11.3 Å². The molecule has 0 atom stereocenters. The molecule has 0 fully saturated rings. The SMILES string of the molecule is COc1ccc(-c2csc(Nc3ccc(C)cc3C)n2)cc1C. The molecule has 1 aromatic heterocycles. The molecule has 4 heteroatoms. The smallest absolute Gasteiger partial charge is 0.187 e. The van der Waals surface area contributed by atoms with Crippen molar-refractivity contribution in [3.63, 3.8) is 0 Å². The quantitative estimate of drug-likeness (QED) is 0.689. The summed E-state index contributed by atoms with van der Waals surface area (Å²) >= 11 is 1.61. The molecule has 1 heterocycles. The van der Waals surface area contributed by atoms with E-state index >= 15 is 0 Å². The van der Waals surface area contributed by atoms with Crippen molar-refractivity contribution in [2.24, 2.45) is 0 Å². The van der Waals surface area contributed by atoms with E-state index in [2.05, 4.69) is 48.8 Å². The minimum Gasteiger partial charge on any atom is -0.496 e. The van der Waals surface area contributed by atoms with E-state index in [1.165, 1.54) is 11.1 Å². The molecule has 0 saturated heterocycles. The molecular weight excluding hydrogens is 304 g/mol. The number of hydrogen-bond acceptors (Lipinski definition) is 4. The van der Waals surface area contributed by atoms with Crippen molar-refractivity contribution < 1.29 is 4.74 Å². The van der Waals surface area contributed by atoms with Crippen LogP contribution in [0.25, 0.3) is 11.3 Å². The fourth-order valence-electron chi connectivity index (χ4n) is 2.57. The molecule has 0 aliphatic heterocycles. The third-order valence-corrected chi connectivity index (χ3v) is 4.58. The number of ether oxygens (including phenoxy) is 1. The minimum atomic E-state index is 0.901. The molecule has 0 amide bonds. The molecular formula is C19H20N2OS. The Kier molecular flexibility index (Phi) is 4.35. The molecule has 0 spiro atoms. The van der Waals surface area contributed by atoms with Gasteiger partial charge in [-0.2, -0.15) is 0 Å². The van der Waals surface area contributed by atoms with Gasteiger partial charge in [0.05, 0.1) is 12.8 Å². The molecule has 118 valence electrons. The zero-order valence-corrected chi connectivity index (χ0v) is 14.6. The normalized spacial score (nSPS) is 10.6. The Balaban J connectivity index is 1.84. The van der Waals surface area contributed by atoms with Crippen molar-refractivity contribution >= 4 is 22.2 Å². The highest BCUT2D eigenvalue weighted by molar-refractivity contribution is 7.14. The largest absolute Gasteiger partial charge is 0.496 e. The van der Waals surface area contributed by atoms with E-state index in [4.69, 9.17) is 9.72 Å². The van der Waals surface area contributed by atoms with E-state index in [9.17, 15) is 0 Å². The summed E-state index contributed by atoms with van der Waals surface area (Å²) in [5.41, 5.74) is 6.79. The summed E-state index contributed by atoms with van der Waals surface area (Å²) in [7, 11) is 1.69. The average Bonchev–Trinajstić information content (AvgIpc) is 2.98. The lowest BCUT2D eigenvalue weighted by atomic mass is 10.1. The Labute approximate surface area is 141 Å². The summed E-state index contributed by atoms with van der Waals surface area (Å²) in [5, 5.41) is 6.39. The topological polar surface area (TPSA) is 34.1 Å². The van der Waals surface area contributed by atoms with Crippen molar-refractivity contribution in [3.8, 4) is 17.0 Å². The monoisotopic (exact) mass is 324 g/mol. The van der Waals surface area contributed by atoms with Gasteiger partial charge in [0.2, 0.25) is 0 Å². The summed E-state index contributed by atoms with van der Waals surface area (Å²) in [6.45, 7) is 6.25. The second kappa shape index (κ2) is 6.42. The van der Waals surface area contributed by atoms with Crippen molar-refractivity contribution in [1.29, 1.82) is 0 Å². The maximum absolute atomic E-state index is 5.31. The van der Waals surface area contributed by atoms with Crippen LogP contribution in [0.4, 0.5) is 10.8 Å². The highest BCUT2D eigenvalue weighted by Gasteiger charge is 2.08. The Hall–Kier alpha value is -2.33. The van der Waals surface area contributed by atoms with Gasteiger partial charge in [-0.25, -0.2) is 4.98 Å². The molecule has 0 aliphatic carbocycles. The first kappa shape index (κ1) is 15.6. The van der Waals surface area contributed by atoms with E-state index in [1.807, 2.05) is 19.1 Å². The molecule has 2 aromatic carbocycles. The number of aryl methyl sites for hydroxylation is 3. The predicted octanol–water partition coefficient (Wildman–Crippen LogP) is 5.49. The maximum Gasteiger partial charge on any atom is 0.187 e. The molecule has 0 unspecified atom stereocenters. The summed E-state index contributed by atoms with van der Waals surface area (Å²) < 4.78 is 5.31. The second-order valence-corrected chi connectivity index (χ2v) is 6.52. The van der Waals surface area contributed by atoms with Crippen LogP contribution in [-0.4, -0.2) is 12.1 Å². The number of hydrogen-bond donors (Lipinski definition) is 1. The molecule has 0 radical (unpaired) electrons. The van der Waals surface area contributed by atoms with Crippen LogP contribution in [0.5, 0.6) is 5.75 Å². The van der Waals surface area contributed by atoms with Gasteiger partial charge in [0.25, 0.3) is 0 Å². The maximum atomic E-state index is 5.31. The number of anilines is 2. The standard InChI is InChI=1S/C19H20N2OS/c1-12-5-7-16(13(2)9-12)20-19-21-17(11-23-19)15-6-8-18(22-4)14(3)10-15/h5-11H,1-4H3,(H,20,21). The molecule has 23 heavy (non-hydrogen) atoms. The number of nitrogens with one attached hydrogen (secondary N) is 1. The first-order valence-electron chi connectivity index (χ1n) is 7.51. The summed E-state index contributed by atoms with van der Waals surface area (Å²) in [4.78, 5) is 4.70. The first-order chi connectivity index (χ1) is 11.1. The first-order valence-corrected chi connectivity index (χ1v) is 8.39. The van der Waals surface area contributed by atoms with Crippen LogP contribution >= 0.6 is 11.3 Å². The average molecular weight is 324 g/mol. The Bertz CT molecular complexity index is 839. The van der Waals surface area contributed by atoms with E-state index in [0.29, 0.717) is 0 Å². The highest BCUT2D eigenvalue weighted by atomic mass is 32.1. The Morgan fingerprint density at radius 3 is 2.52 bits per heavy atom. The number of rotatable bonds is 4. The van der Waals surface area contributed by atoms with Crippen LogP contribution in [-0.2, 0) is 0 Å². The molecule has 0 saturated carbocycles. The minimum absolute atomic E-state index is 0.901. The Morgan fingerprint density at radius 2 is 1.83 bits per heavy atom. The fraction of sp³-hybridized carbons (Fsp3) is 0.211. The van der Waals surface area contributed by atoms with Crippen molar-refractivity contribution in [3.05, 3.63) is 58.5 Å². The molecule has 0 bridgehead atoms. The summed E-state index contributed by atoms with van der Waals surface area (Å²) in [5.74, 6) is 0.901. The third-order valence-electron chi connectivity index (χ3n) is 3.82. The van der Waals surface area contributed by atoms with Gasteiger partial charge in [-0.1, -0.05) is 17.7 Å². The summed E-state index contributed by atoms with van der Waals surface area (Å²) in [6, 6.07) is 12.5. The molecule has 1 N–H and O–H groups in total. The molecule has 3 rings (SSSR count). The second-order valence-electron chi connectivity index (χ2n) is 5.67. The van der Waals surface area contributed by atoms with Crippen LogP contribution < -0.4 is 10.1 Å². The van der Waals surface area contributed by atoms with E-state index < -0.39 is 0 Å². The van der Waals surface area contributed by atoms with Gasteiger partial charge in [0.15, 0.2) is 5.13 Å². The van der Waals surface area contributed by atoms with E-state index in [0.717, 1.165) is 33.4 Å². The highest BCUT2D eigenvalue weighted by Crippen LogP contribution is 2.30. The predicted molar refractivity (Wildman–Crippen MR) is 98.0 cm³/mol. The number of thiazole rings is 1. The van der Waals surface area contributed by atoms with Crippen molar-refractivity contribution in [1.82, 2.24) is 4.98 Å². The van der Waals surface area contributed by atoms with Crippen molar-refractivity contribution in [2.75, 3.05) is 12.4 Å². The van der Waals surface area contributed by atoms with Crippen molar-refractivity contribution in [2.45, 2.75) is 20.8 Å². The van der Waals surface area contributed by atoms with Crippen LogP contribution in [0.3, 0.4) is 0 Å². The lowest BCUT2D eigenvalue weighted by Crippen LogP contribution is -1.93. The zero-order chi connectivity index (χ0) is 16.4. The zero-order valence-electron chi connectivity index (χ0n) is 13.8. The van der Waals surface area contributed by atoms with Gasteiger partial charge in [-0.05, 0) is 56.2 Å². The van der Waals surface area contributed by atoms with Gasteiger partial charge in [0.1, 0.15) is 5.75 Å². The van der Waals surface area contributed by atoms with Crippen LogP contribution in [0.15, 0.2) is 41.8 Å². The molecule has 0 aliphatic rings. The molecule has 3 aromatic rings. The van der Waals surface area contributed by atoms with E-state index in [-0.39, 0.29) is 0 Å². The van der Waals surface area contributed by atoms with E-state index in [1.54, 1.807) is 18.4 Å². The van der Waals surface area contributed by atoms with Gasteiger partial charge in [-0.3, -0.25) is 0 Å². The molecule has 3 nitrogen and oxygen atoms in total. The van der Waals surface area contributed by atoms with Crippen LogP contribution in [0.1, 0.15) is 16.7 Å². The summed E-state index contributed by atoms with van der Waals surface area (Å²) in [6.07, 6.45) is 0.